The quantitative estimate of drug-likeness (QED) is 0.499. The predicted molar refractivity (Wildman–Crippen MR) is 110 cm³/mol. The fourth-order valence-electron chi connectivity index (χ4n) is 4.74. The number of hydrogen-bond donors (Lipinski definition) is 0. The van der Waals surface area contributed by atoms with Crippen LogP contribution in [0.15, 0.2) is 95.1 Å². The minimum atomic E-state index is -0.395. The van der Waals surface area contributed by atoms with Gasteiger partial charge in [-0.15, -0.1) is 0 Å². The zero-order valence-electron chi connectivity index (χ0n) is 14.0. The molecule has 0 aromatic heterocycles. The van der Waals surface area contributed by atoms with Gasteiger partial charge in [0.15, 0.2) is 0 Å². The molecule has 0 bridgehead atoms. The molecule has 0 nitrogen and oxygen atoms in total. The standard InChI is InChI=1S/C25H15Cl/c26-24-12-11-21-19-9-4-2-7-17(19)15-23(21)25(24)13-5-10-20-18-8-3-1-6-16(18)14-22(20)25/h1-15H. The molecule has 1 spiro atoms. The summed E-state index contributed by atoms with van der Waals surface area (Å²) in [7, 11) is 0. The minimum absolute atomic E-state index is 0.395. The van der Waals surface area contributed by atoms with Crippen molar-refractivity contribution in [2.24, 2.45) is 5.41 Å². The molecule has 0 aliphatic heterocycles. The summed E-state index contributed by atoms with van der Waals surface area (Å²) in [5.41, 5.74) is 9.88. The van der Waals surface area contributed by atoms with Crippen molar-refractivity contribution >= 4 is 34.9 Å². The molecule has 0 radical (unpaired) electrons. The zero-order chi connectivity index (χ0) is 17.3. The lowest BCUT2D eigenvalue weighted by Gasteiger charge is -2.39. The number of fused-ring (bicyclic) bond motifs is 8. The Bertz CT molecular complexity index is 1160. The van der Waals surface area contributed by atoms with E-state index in [1.165, 1.54) is 44.5 Å². The molecule has 0 N–H and O–H groups in total. The highest BCUT2D eigenvalue weighted by molar-refractivity contribution is 6.33. The average Bonchev–Trinajstić information content (AvgIpc) is 3.24. The first-order valence-electron chi connectivity index (χ1n) is 8.90. The number of halogens is 1. The van der Waals surface area contributed by atoms with Crippen LogP contribution in [0.3, 0.4) is 0 Å². The first-order valence-corrected chi connectivity index (χ1v) is 9.28. The molecule has 6 rings (SSSR count). The van der Waals surface area contributed by atoms with E-state index in [0.717, 1.165) is 5.03 Å². The van der Waals surface area contributed by atoms with Gasteiger partial charge >= 0.3 is 0 Å². The fraction of sp³-hybridized carbons (Fsp3) is 0.0400. The van der Waals surface area contributed by atoms with Crippen LogP contribution in [0.25, 0.3) is 23.3 Å². The summed E-state index contributed by atoms with van der Waals surface area (Å²) in [6.45, 7) is 0. The van der Waals surface area contributed by atoms with Crippen molar-refractivity contribution in [1.29, 1.82) is 0 Å². The van der Waals surface area contributed by atoms with Crippen LogP contribution in [0, 0.1) is 5.41 Å². The predicted octanol–water partition coefficient (Wildman–Crippen LogP) is 6.64. The third kappa shape index (κ3) is 1.61. The Balaban J connectivity index is 1.63. The van der Waals surface area contributed by atoms with Crippen molar-refractivity contribution in [3.63, 3.8) is 0 Å². The molecule has 26 heavy (non-hydrogen) atoms. The van der Waals surface area contributed by atoms with E-state index in [0.29, 0.717) is 0 Å². The lowest BCUT2D eigenvalue weighted by atomic mass is 9.65. The third-order valence-corrected chi connectivity index (χ3v) is 6.34. The van der Waals surface area contributed by atoms with Crippen LogP contribution in [0.5, 0.6) is 0 Å². The van der Waals surface area contributed by atoms with E-state index in [1.54, 1.807) is 0 Å². The van der Waals surface area contributed by atoms with Crippen LogP contribution in [-0.2, 0) is 0 Å². The molecule has 1 heteroatoms. The van der Waals surface area contributed by atoms with E-state index in [-0.39, 0.29) is 0 Å². The SMILES string of the molecule is ClC1=CC=C2C(=Cc3ccccc32)C12C=CC=C1C2=Cc2ccccc21. The second kappa shape index (κ2) is 4.87. The van der Waals surface area contributed by atoms with E-state index in [4.69, 9.17) is 11.6 Å². The molecule has 4 aliphatic carbocycles. The Kier molecular flexibility index (Phi) is 2.69. The van der Waals surface area contributed by atoms with Gasteiger partial charge in [0.1, 0.15) is 0 Å². The van der Waals surface area contributed by atoms with Gasteiger partial charge in [-0.25, -0.2) is 0 Å². The van der Waals surface area contributed by atoms with Gasteiger partial charge in [-0.05, 0) is 62.8 Å². The summed E-state index contributed by atoms with van der Waals surface area (Å²) in [6, 6.07) is 17.2. The van der Waals surface area contributed by atoms with Crippen molar-refractivity contribution in [1.82, 2.24) is 0 Å². The molecule has 0 amide bonds. The lowest BCUT2D eigenvalue weighted by Crippen LogP contribution is -2.27. The second-order valence-corrected chi connectivity index (χ2v) is 7.54. The summed E-state index contributed by atoms with van der Waals surface area (Å²) in [4.78, 5) is 0. The van der Waals surface area contributed by atoms with Gasteiger partial charge in [0, 0.05) is 5.03 Å². The largest absolute Gasteiger partial charge is 0.0874 e. The molecular weight excluding hydrogens is 336 g/mol. The first kappa shape index (κ1) is 14.4. The van der Waals surface area contributed by atoms with Crippen LogP contribution < -0.4 is 0 Å². The molecule has 2 aromatic carbocycles. The molecule has 0 fully saturated rings. The maximum absolute atomic E-state index is 6.93. The highest BCUT2D eigenvalue weighted by atomic mass is 35.5. The van der Waals surface area contributed by atoms with Crippen molar-refractivity contribution in [3.8, 4) is 0 Å². The molecule has 0 saturated heterocycles. The van der Waals surface area contributed by atoms with Crippen molar-refractivity contribution in [2.45, 2.75) is 0 Å². The summed E-state index contributed by atoms with van der Waals surface area (Å²) < 4.78 is 0. The highest BCUT2D eigenvalue weighted by Gasteiger charge is 2.47. The molecule has 0 heterocycles. The Morgan fingerprint density at radius 1 is 0.654 bits per heavy atom. The highest BCUT2D eigenvalue weighted by Crippen LogP contribution is 2.62. The summed E-state index contributed by atoms with van der Waals surface area (Å²) >= 11 is 6.93. The number of benzene rings is 2. The molecule has 0 saturated carbocycles. The first-order chi connectivity index (χ1) is 12.8. The van der Waals surface area contributed by atoms with Crippen LogP contribution >= 0.6 is 11.6 Å². The minimum Gasteiger partial charge on any atom is -0.0874 e. The molecule has 4 aliphatic rings. The maximum Gasteiger partial charge on any atom is 0.0754 e. The molecule has 2 aromatic rings. The van der Waals surface area contributed by atoms with E-state index < -0.39 is 5.41 Å². The number of allylic oxidation sites excluding steroid dienone is 10. The van der Waals surface area contributed by atoms with Crippen molar-refractivity contribution in [2.75, 3.05) is 0 Å². The van der Waals surface area contributed by atoms with Gasteiger partial charge in [-0.1, -0.05) is 84.4 Å². The number of rotatable bonds is 0. The fourth-order valence-corrected chi connectivity index (χ4v) is 5.07. The second-order valence-electron chi connectivity index (χ2n) is 7.13. The van der Waals surface area contributed by atoms with Gasteiger partial charge in [0.05, 0.1) is 5.41 Å². The smallest absolute Gasteiger partial charge is 0.0754 e. The number of hydrogen-bond acceptors (Lipinski definition) is 0. The van der Waals surface area contributed by atoms with Gasteiger partial charge < -0.3 is 0 Å². The average molecular weight is 351 g/mol. The Morgan fingerprint density at radius 2 is 1.23 bits per heavy atom. The Morgan fingerprint density at radius 3 is 1.88 bits per heavy atom. The topological polar surface area (TPSA) is 0 Å². The van der Waals surface area contributed by atoms with E-state index >= 15 is 0 Å². The van der Waals surface area contributed by atoms with Crippen LogP contribution in [-0.4, -0.2) is 0 Å². The van der Waals surface area contributed by atoms with Crippen LogP contribution in [0.1, 0.15) is 22.3 Å². The molecule has 122 valence electrons. The molecular formula is C25H15Cl. The Labute approximate surface area is 157 Å². The lowest BCUT2D eigenvalue weighted by molar-refractivity contribution is 0.736. The van der Waals surface area contributed by atoms with Crippen molar-refractivity contribution in [3.05, 3.63) is 117 Å². The van der Waals surface area contributed by atoms with E-state index in [2.05, 4.69) is 91.1 Å². The summed E-state index contributed by atoms with van der Waals surface area (Å²) in [5, 5.41) is 0.862. The molecule has 1 atom stereocenters. The van der Waals surface area contributed by atoms with Gasteiger partial charge in [0.2, 0.25) is 0 Å². The molecule has 1 unspecified atom stereocenters. The monoisotopic (exact) mass is 350 g/mol. The summed E-state index contributed by atoms with van der Waals surface area (Å²) in [5.74, 6) is 0. The van der Waals surface area contributed by atoms with Crippen LogP contribution in [0.2, 0.25) is 0 Å². The van der Waals surface area contributed by atoms with Gasteiger partial charge in [-0.2, -0.15) is 0 Å². The normalized spacial score (nSPS) is 24.0. The summed E-state index contributed by atoms with van der Waals surface area (Å²) in [6.07, 6.45) is 15.5. The van der Waals surface area contributed by atoms with Crippen molar-refractivity contribution < 1.29 is 0 Å². The van der Waals surface area contributed by atoms with E-state index in [1.807, 2.05) is 0 Å². The Hall–Kier alpha value is -2.83. The van der Waals surface area contributed by atoms with E-state index in [9.17, 15) is 0 Å². The third-order valence-electron chi connectivity index (χ3n) is 5.91. The van der Waals surface area contributed by atoms with Crippen LogP contribution in [0.4, 0.5) is 0 Å². The maximum atomic E-state index is 6.93. The van der Waals surface area contributed by atoms with Gasteiger partial charge in [0.25, 0.3) is 0 Å². The van der Waals surface area contributed by atoms with Gasteiger partial charge in [-0.3, -0.25) is 0 Å². The zero-order valence-corrected chi connectivity index (χ0v) is 14.8.